The second-order valence-corrected chi connectivity index (χ2v) is 10.4. The Morgan fingerprint density at radius 2 is 1.65 bits per heavy atom. The number of aromatic amines is 1. The molecule has 0 aliphatic carbocycles. The molecule has 0 saturated carbocycles. The number of carbonyl (C=O) groups is 2. The minimum Gasteiger partial charge on any atom is -0.326 e. The van der Waals surface area contributed by atoms with Gasteiger partial charge in [-0.2, -0.15) is 18.4 Å². The summed E-state index contributed by atoms with van der Waals surface area (Å²) in [7, 11) is -4.54. The number of para-hydroxylation sites is 1. The smallest absolute Gasteiger partial charge is 0.326 e. The van der Waals surface area contributed by atoms with Crippen molar-refractivity contribution in [2.24, 2.45) is 5.41 Å². The van der Waals surface area contributed by atoms with Crippen molar-refractivity contribution in [1.29, 1.82) is 0 Å². The summed E-state index contributed by atoms with van der Waals surface area (Å²) in [5, 5.41) is 5.48. The number of imide groups is 1. The number of fused-ring (bicyclic) bond motifs is 1. The summed E-state index contributed by atoms with van der Waals surface area (Å²) in [6.45, 7) is 6.40. The Morgan fingerprint density at radius 1 is 0.973 bits per heavy atom. The van der Waals surface area contributed by atoms with E-state index in [-0.39, 0.29) is 34.5 Å². The van der Waals surface area contributed by atoms with Crippen molar-refractivity contribution in [2.45, 2.75) is 38.5 Å². The number of carbonyl (C=O) groups excluding carboxylic acids is 2. The van der Waals surface area contributed by atoms with Crippen LogP contribution < -0.4 is 16.3 Å². The first-order valence-corrected chi connectivity index (χ1v) is 13.0. The maximum Gasteiger partial charge on any atom is 0.351 e. The van der Waals surface area contributed by atoms with E-state index in [9.17, 15) is 27.4 Å². The average molecular weight is 527 g/mol. The Balaban J connectivity index is 1.59. The number of nitrogens with one attached hydrogen (secondary N) is 3. The molecule has 2 aromatic carbocycles. The number of nitrogens with zero attached hydrogens (tertiary/aromatic N) is 3. The lowest BCUT2D eigenvalue weighted by Crippen LogP contribution is -2.39. The Hall–Kier alpha value is -4.10. The molecule has 0 unspecified atom stereocenters. The molecule has 12 nitrogen and oxygen atoms in total. The minimum absolute atomic E-state index is 0.0329. The fourth-order valence-corrected chi connectivity index (χ4v) is 4.57. The van der Waals surface area contributed by atoms with Crippen LogP contribution >= 0.6 is 0 Å². The second-order valence-electron chi connectivity index (χ2n) is 9.02. The molecule has 1 aliphatic heterocycles. The highest BCUT2D eigenvalue weighted by Gasteiger charge is 2.39. The van der Waals surface area contributed by atoms with Gasteiger partial charge in [0.2, 0.25) is 11.9 Å². The van der Waals surface area contributed by atoms with Gasteiger partial charge in [0.25, 0.3) is 21.9 Å². The van der Waals surface area contributed by atoms with Gasteiger partial charge in [0.1, 0.15) is 4.90 Å². The van der Waals surface area contributed by atoms with Crippen LogP contribution in [0.15, 0.2) is 52.2 Å². The quantitative estimate of drug-likeness (QED) is 0.239. The van der Waals surface area contributed by atoms with Crippen LogP contribution in [-0.2, 0) is 10.1 Å². The van der Waals surface area contributed by atoms with Gasteiger partial charge in [0.05, 0.1) is 16.8 Å². The molecule has 37 heavy (non-hydrogen) atoms. The molecular formula is C24H26N6O6S. The molecule has 2 heterocycles. The van der Waals surface area contributed by atoms with Crippen molar-refractivity contribution in [3.05, 3.63) is 64.1 Å². The minimum atomic E-state index is -4.54. The lowest BCUT2D eigenvalue weighted by molar-refractivity contribution is 0.0571. The van der Waals surface area contributed by atoms with Crippen molar-refractivity contribution in [3.63, 3.8) is 0 Å². The maximum atomic E-state index is 13.1. The van der Waals surface area contributed by atoms with Crippen molar-refractivity contribution in [1.82, 2.24) is 19.9 Å². The van der Waals surface area contributed by atoms with Crippen LogP contribution in [0.25, 0.3) is 0 Å². The summed E-state index contributed by atoms with van der Waals surface area (Å²) >= 11 is 0. The molecule has 1 aliphatic rings. The van der Waals surface area contributed by atoms with E-state index in [0.29, 0.717) is 17.8 Å². The first-order chi connectivity index (χ1) is 17.4. The molecule has 0 spiro atoms. The Labute approximate surface area is 212 Å². The first kappa shape index (κ1) is 26.0. The number of rotatable bonds is 9. The highest BCUT2D eigenvalue weighted by molar-refractivity contribution is 7.86. The van der Waals surface area contributed by atoms with E-state index in [1.165, 1.54) is 41.3 Å². The van der Waals surface area contributed by atoms with Crippen molar-refractivity contribution in [3.8, 4) is 0 Å². The van der Waals surface area contributed by atoms with E-state index in [0.717, 1.165) is 12.8 Å². The Morgan fingerprint density at radius 3 is 2.32 bits per heavy atom. The van der Waals surface area contributed by atoms with Gasteiger partial charge >= 0.3 is 5.69 Å². The fraction of sp³-hybridized carbons (Fsp3) is 0.292. The first-order valence-electron chi connectivity index (χ1n) is 11.5. The van der Waals surface area contributed by atoms with Crippen LogP contribution in [0.2, 0.25) is 0 Å². The SMILES string of the molecule is CCC(C)(CC)CN1C(=O)c2ccc(Nc3nc(Nc4ccccc4S(=O)(=O)O)nc(=O)[nH]3)cc2C1=O. The molecular weight excluding hydrogens is 500 g/mol. The number of benzene rings is 2. The maximum absolute atomic E-state index is 13.1. The third-order valence-electron chi connectivity index (χ3n) is 6.54. The lowest BCUT2D eigenvalue weighted by atomic mass is 9.84. The van der Waals surface area contributed by atoms with Crippen molar-refractivity contribution in [2.75, 3.05) is 17.2 Å². The number of aromatic nitrogens is 3. The van der Waals surface area contributed by atoms with Crippen LogP contribution in [0.4, 0.5) is 23.3 Å². The molecule has 0 atom stereocenters. The molecule has 3 aromatic rings. The van der Waals surface area contributed by atoms with Gasteiger partial charge in [-0.1, -0.05) is 32.9 Å². The van der Waals surface area contributed by atoms with Crippen LogP contribution in [-0.4, -0.2) is 51.2 Å². The topological polar surface area (TPSA) is 174 Å². The Bertz CT molecular complexity index is 1550. The van der Waals surface area contributed by atoms with Gasteiger partial charge in [0.15, 0.2) is 0 Å². The number of hydrogen-bond donors (Lipinski definition) is 4. The van der Waals surface area contributed by atoms with E-state index in [1.807, 2.05) is 20.8 Å². The predicted molar refractivity (Wildman–Crippen MR) is 136 cm³/mol. The summed E-state index contributed by atoms with van der Waals surface area (Å²) in [5.74, 6) is -1.03. The van der Waals surface area contributed by atoms with E-state index in [1.54, 1.807) is 6.07 Å². The normalized spacial score (nSPS) is 13.6. The largest absolute Gasteiger partial charge is 0.351 e. The number of hydrogen-bond acceptors (Lipinski definition) is 9. The highest BCUT2D eigenvalue weighted by Crippen LogP contribution is 2.33. The van der Waals surface area contributed by atoms with Gasteiger partial charge < -0.3 is 10.6 Å². The molecule has 194 valence electrons. The zero-order valence-electron chi connectivity index (χ0n) is 20.4. The summed E-state index contributed by atoms with van der Waals surface area (Å²) < 4.78 is 32.7. The zero-order valence-corrected chi connectivity index (χ0v) is 21.2. The zero-order chi connectivity index (χ0) is 27.0. The standard InChI is InChI=1S/C24H26N6O6S/c1-4-24(3,5-2)13-30-19(31)15-11-10-14(12-16(15)20(30)32)25-21-27-22(29-23(33)28-21)26-17-8-6-7-9-18(17)37(34,35)36/h6-12H,4-5,13H2,1-3H3,(H,34,35,36)(H3,25,26,27,28,29,33). The molecule has 0 bridgehead atoms. The summed E-state index contributed by atoms with van der Waals surface area (Å²) in [5.41, 5.74) is -0.0940. The highest BCUT2D eigenvalue weighted by atomic mass is 32.2. The van der Waals surface area contributed by atoms with Crippen LogP contribution in [0, 0.1) is 5.41 Å². The summed E-state index contributed by atoms with van der Waals surface area (Å²) in [4.78, 5) is 49.2. The summed E-state index contributed by atoms with van der Waals surface area (Å²) in [6, 6.07) is 10.1. The number of anilines is 4. The third-order valence-corrected chi connectivity index (χ3v) is 7.45. The molecule has 1 aromatic heterocycles. The molecule has 4 N–H and O–H groups in total. The van der Waals surface area contributed by atoms with Gasteiger partial charge in [-0.15, -0.1) is 0 Å². The third kappa shape index (κ3) is 5.37. The van der Waals surface area contributed by atoms with Gasteiger partial charge in [-0.3, -0.25) is 24.0 Å². The molecule has 0 saturated heterocycles. The molecule has 13 heteroatoms. The second kappa shape index (κ2) is 9.75. The van der Waals surface area contributed by atoms with E-state index in [2.05, 4.69) is 25.6 Å². The number of amides is 2. The van der Waals surface area contributed by atoms with Gasteiger partial charge in [-0.25, -0.2) is 4.79 Å². The predicted octanol–water partition coefficient (Wildman–Crippen LogP) is 3.32. The van der Waals surface area contributed by atoms with E-state index >= 15 is 0 Å². The molecule has 4 rings (SSSR count). The van der Waals surface area contributed by atoms with Gasteiger partial charge in [0, 0.05) is 12.2 Å². The Kier molecular flexibility index (Phi) is 6.84. The average Bonchev–Trinajstić information content (AvgIpc) is 3.07. The molecule has 2 amide bonds. The van der Waals surface area contributed by atoms with Crippen LogP contribution in [0.5, 0.6) is 0 Å². The lowest BCUT2D eigenvalue weighted by Gasteiger charge is -2.30. The molecule has 0 fully saturated rings. The van der Waals surface area contributed by atoms with Crippen molar-refractivity contribution < 1.29 is 22.6 Å². The van der Waals surface area contributed by atoms with E-state index in [4.69, 9.17) is 0 Å². The number of H-pyrrole nitrogens is 1. The van der Waals surface area contributed by atoms with Crippen LogP contribution in [0.1, 0.15) is 54.3 Å². The monoisotopic (exact) mass is 526 g/mol. The van der Waals surface area contributed by atoms with Crippen LogP contribution in [0.3, 0.4) is 0 Å². The van der Waals surface area contributed by atoms with Crippen molar-refractivity contribution >= 4 is 45.2 Å². The van der Waals surface area contributed by atoms with Gasteiger partial charge in [-0.05, 0) is 48.6 Å². The summed E-state index contributed by atoms with van der Waals surface area (Å²) in [6.07, 6.45) is 1.63. The fourth-order valence-electron chi connectivity index (χ4n) is 3.92. The molecule has 0 radical (unpaired) electrons. The van der Waals surface area contributed by atoms with E-state index < -0.39 is 26.6 Å².